The standard InChI is InChI=1S/C26H37N2P/c1-7-17-26(4,5)28-25-15-11-23(12-16-25)19-22-9-13-24(14-10-22)27-21(3)20-29(6)18-8-2/h7-15,17,20,25,27-28H,2,16,18-19H2,1,3-6H3/b17-7?,21-20+. The minimum absolute atomic E-state index is 0.0230. The zero-order valence-electron chi connectivity index (χ0n) is 18.7. The van der Waals surface area contributed by atoms with Crippen molar-refractivity contribution in [2.45, 2.75) is 52.1 Å². The number of rotatable bonds is 10. The molecule has 0 radical (unpaired) electrons. The summed E-state index contributed by atoms with van der Waals surface area (Å²) < 4.78 is 0. The Labute approximate surface area is 179 Å². The van der Waals surface area contributed by atoms with Gasteiger partial charge in [-0.05, 0) is 82.4 Å². The first-order chi connectivity index (χ1) is 13.8. The Hall–Kier alpha value is -1.89. The minimum Gasteiger partial charge on any atom is -0.359 e. The lowest BCUT2D eigenvalue weighted by molar-refractivity contribution is 0.432. The van der Waals surface area contributed by atoms with E-state index in [9.17, 15) is 0 Å². The first-order valence-electron chi connectivity index (χ1n) is 10.5. The van der Waals surface area contributed by atoms with Crippen molar-refractivity contribution in [3.8, 4) is 0 Å². The van der Waals surface area contributed by atoms with Gasteiger partial charge >= 0.3 is 0 Å². The number of anilines is 1. The van der Waals surface area contributed by atoms with Crippen molar-refractivity contribution in [2.75, 3.05) is 18.1 Å². The zero-order valence-corrected chi connectivity index (χ0v) is 19.6. The van der Waals surface area contributed by atoms with Crippen LogP contribution in [0.2, 0.25) is 0 Å². The fraction of sp³-hybridized carbons (Fsp3) is 0.385. The Morgan fingerprint density at radius 3 is 2.59 bits per heavy atom. The molecule has 0 aromatic heterocycles. The summed E-state index contributed by atoms with van der Waals surface area (Å²) >= 11 is 0. The fourth-order valence-electron chi connectivity index (χ4n) is 3.63. The van der Waals surface area contributed by atoms with Gasteiger partial charge in [0, 0.05) is 23.0 Å². The molecule has 29 heavy (non-hydrogen) atoms. The molecular weight excluding hydrogens is 371 g/mol. The lowest BCUT2D eigenvalue weighted by Crippen LogP contribution is -2.43. The monoisotopic (exact) mass is 408 g/mol. The van der Waals surface area contributed by atoms with Crippen LogP contribution in [0.4, 0.5) is 5.69 Å². The highest BCUT2D eigenvalue weighted by atomic mass is 31.1. The summed E-state index contributed by atoms with van der Waals surface area (Å²) in [6, 6.07) is 9.20. The summed E-state index contributed by atoms with van der Waals surface area (Å²) in [5, 5.41) is 7.19. The molecule has 156 valence electrons. The number of benzene rings is 1. The number of hydrogen-bond acceptors (Lipinski definition) is 2. The van der Waals surface area contributed by atoms with E-state index in [1.54, 1.807) is 0 Å². The summed E-state index contributed by atoms with van der Waals surface area (Å²) in [4.78, 5) is 0. The van der Waals surface area contributed by atoms with Crippen molar-refractivity contribution in [1.29, 1.82) is 0 Å². The van der Waals surface area contributed by atoms with Crippen LogP contribution in [-0.2, 0) is 6.42 Å². The van der Waals surface area contributed by atoms with Gasteiger partial charge in [0.05, 0.1) is 0 Å². The molecule has 0 bridgehead atoms. The molecule has 2 atom stereocenters. The summed E-state index contributed by atoms with van der Waals surface area (Å²) in [7, 11) is -0.116. The maximum absolute atomic E-state index is 3.83. The number of allylic oxidation sites excluding steroid dienone is 5. The van der Waals surface area contributed by atoms with E-state index in [0.717, 1.165) is 24.7 Å². The normalized spacial score (nSPS) is 18.6. The van der Waals surface area contributed by atoms with Gasteiger partial charge in [-0.25, -0.2) is 0 Å². The maximum atomic E-state index is 3.83. The topological polar surface area (TPSA) is 24.1 Å². The molecule has 2 nitrogen and oxygen atoms in total. The van der Waals surface area contributed by atoms with E-state index in [0.29, 0.717) is 6.04 Å². The third-order valence-corrected chi connectivity index (χ3v) is 6.51. The van der Waals surface area contributed by atoms with Crippen LogP contribution in [0.3, 0.4) is 0 Å². The van der Waals surface area contributed by atoms with Crippen LogP contribution in [0.1, 0.15) is 39.7 Å². The summed E-state index contributed by atoms with van der Waals surface area (Å²) in [6.07, 6.45) is 16.4. The quantitative estimate of drug-likeness (QED) is 0.322. The smallest absolute Gasteiger partial charge is 0.0381 e. The fourth-order valence-corrected chi connectivity index (χ4v) is 4.87. The second-order valence-corrected chi connectivity index (χ2v) is 10.5. The van der Waals surface area contributed by atoms with Crippen LogP contribution in [0.5, 0.6) is 0 Å². The molecule has 1 aliphatic carbocycles. The molecule has 0 saturated carbocycles. The van der Waals surface area contributed by atoms with Crippen molar-refractivity contribution in [3.63, 3.8) is 0 Å². The van der Waals surface area contributed by atoms with Crippen molar-refractivity contribution < 1.29 is 0 Å². The van der Waals surface area contributed by atoms with Gasteiger partial charge in [-0.2, -0.15) is 0 Å². The minimum atomic E-state index is -0.116. The second kappa shape index (κ2) is 11.3. The molecule has 0 heterocycles. The highest BCUT2D eigenvalue weighted by Crippen LogP contribution is 2.33. The molecule has 0 aliphatic heterocycles. The molecule has 1 aromatic carbocycles. The average Bonchev–Trinajstić information content (AvgIpc) is 2.64. The van der Waals surface area contributed by atoms with Gasteiger partial charge in [0.25, 0.3) is 0 Å². The SMILES string of the molecule is C=CCP(C)/C=C(\C)Nc1ccc(CC2=CCC(NC(C)(C)C=CC)C=C2)cc1. The van der Waals surface area contributed by atoms with Gasteiger partial charge in [-0.15, -0.1) is 6.58 Å². The molecule has 2 unspecified atom stereocenters. The Morgan fingerprint density at radius 1 is 1.28 bits per heavy atom. The molecule has 0 fully saturated rings. The summed E-state index contributed by atoms with van der Waals surface area (Å²) in [5.74, 6) is 2.32. The van der Waals surface area contributed by atoms with Gasteiger partial charge in [0.2, 0.25) is 0 Å². The molecule has 3 heteroatoms. The van der Waals surface area contributed by atoms with Gasteiger partial charge in [-0.3, -0.25) is 0 Å². The summed E-state index contributed by atoms with van der Waals surface area (Å²) in [5.41, 5.74) is 5.12. The number of hydrogen-bond donors (Lipinski definition) is 2. The van der Waals surface area contributed by atoms with E-state index in [2.05, 4.69) is 112 Å². The second-order valence-electron chi connectivity index (χ2n) is 8.39. The van der Waals surface area contributed by atoms with E-state index in [1.165, 1.54) is 16.8 Å². The van der Waals surface area contributed by atoms with Crippen LogP contribution in [-0.4, -0.2) is 24.4 Å². The highest BCUT2D eigenvalue weighted by Gasteiger charge is 2.18. The third kappa shape index (κ3) is 8.56. The predicted octanol–water partition coefficient (Wildman–Crippen LogP) is 7.00. The Bertz CT molecular complexity index is 781. The Kier molecular flexibility index (Phi) is 9.14. The molecule has 2 rings (SSSR count). The van der Waals surface area contributed by atoms with Crippen LogP contribution in [0.25, 0.3) is 0 Å². The first kappa shape index (κ1) is 23.4. The molecule has 0 spiro atoms. The molecule has 1 aromatic rings. The average molecular weight is 409 g/mol. The van der Waals surface area contributed by atoms with Crippen LogP contribution >= 0.6 is 7.92 Å². The summed E-state index contributed by atoms with van der Waals surface area (Å²) in [6.45, 7) is 14.7. The van der Waals surface area contributed by atoms with Crippen molar-refractivity contribution in [2.24, 2.45) is 0 Å². The van der Waals surface area contributed by atoms with Crippen LogP contribution in [0, 0.1) is 0 Å². The largest absolute Gasteiger partial charge is 0.359 e. The van der Waals surface area contributed by atoms with Crippen LogP contribution < -0.4 is 10.6 Å². The maximum Gasteiger partial charge on any atom is 0.0381 e. The Morgan fingerprint density at radius 2 is 2.00 bits per heavy atom. The van der Waals surface area contributed by atoms with E-state index >= 15 is 0 Å². The first-order valence-corrected chi connectivity index (χ1v) is 12.5. The molecular formula is C26H37N2P. The van der Waals surface area contributed by atoms with E-state index in [1.807, 2.05) is 6.08 Å². The van der Waals surface area contributed by atoms with E-state index in [-0.39, 0.29) is 13.5 Å². The molecule has 1 aliphatic rings. The van der Waals surface area contributed by atoms with Crippen molar-refractivity contribution in [1.82, 2.24) is 5.32 Å². The molecule has 2 N–H and O–H groups in total. The van der Waals surface area contributed by atoms with Gasteiger partial charge in [-0.1, -0.05) is 56.5 Å². The zero-order chi connectivity index (χ0) is 21.3. The van der Waals surface area contributed by atoms with Crippen LogP contribution in [0.15, 0.2) is 84.4 Å². The van der Waals surface area contributed by atoms with Gasteiger partial charge in [0.1, 0.15) is 0 Å². The van der Waals surface area contributed by atoms with Crippen molar-refractivity contribution in [3.05, 3.63) is 90.0 Å². The molecule has 0 amide bonds. The lowest BCUT2D eigenvalue weighted by Gasteiger charge is -2.29. The third-order valence-electron chi connectivity index (χ3n) is 4.85. The van der Waals surface area contributed by atoms with Gasteiger partial charge in [0.15, 0.2) is 0 Å². The van der Waals surface area contributed by atoms with E-state index in [4.69, 9.17) is 0 Å². The highest BCUT2D eigenvalue weighted by molar-refractivity contribution is 7.60. The predicted molar refractivity (Wildman–Crippen MR) is 133 cm³/mol. The van der Waals surface area contributed by atoms with Gasteiger partial charge < -0.3 is 10.6 Å². The molecule has 0 saturated heterocycles. The Balaban J connectivity index is 1.87. The lowest BCUT2D eigenvalue weighted by atomic mass is 9.95. The number of nitrogens with one attached hydrogen (secondary N) is 2. The van der Waals surface area contributed by atoms with E-state index < -0.39 is 0 Å². The van der Waals surface area contributed by atoms with Crippen molar-refractivity contribution >= 4 is 13.6 Å².